The van der Waals surface area contributed by atoms with Crippen LogP contribution in [-0.4, -0.2) is 54.3 Å². The number of rotatable bonds is 6. The number of benzene rings is 1. The predicted octanol–water partition coefficient (Wildman–Crippen LogP) is 1.84. The molecule has 2 aromatic rings. The molecular weight excluding hydrogens is 356 g/mol. The number of anilines is 1. The summed E-state index contributed by atoms with van der Waals surface area (Å²) >= 11 is 0. The Kier molecular flexibility index (Phi) is 4.42. The van der Waals surface area contributed by atoms with Crippen LogP contribution >= 0.6 is 0 Å². The van der Waals surface area contributed by atoms with Crippen molar-refractivity contribution >= 4 is 34.8 Å². The molecule has 4 rings (SSSR count). The van der Waals surface area contributed by atoms with Crippen molar-refractivity contribution in [2.45, 2.75) is 38.1 Å². The number of pyridine rings is 1. The minimum absolute atomic E-state index is 0.00686. The number of likely N-dealkylation sites (N-methyl/N-ethyl adjacent to an activating group) is 1. The highest BCUT2D eigenvalue weighted by molar-refractivity contribution is 6.26. The smallest absolute Gasteiger partial charge is 0.259 e. The molecule has 1 saturated heterocycles. The van der Waals surface area contributed by atoms with Gasteiger partial charge in [0.15, 0.2) is 0 Å². The third kappa shape index (κ3) is 2.61. The molecule has 0 aliphatic carbocycles. The second kappa shape index (κ2) is 6.67. The Labute approximate surface area is 163 Å². The topological polar surface area (TPSA) is 82.6 Å². The van der Waals surface area contributed by atoms with Gasteiger partial charge in [0.05, 0.1) is 16.8 Å². The van der Waals surface area contributed by atoms with E-state index in [-0.39, 0.29) is 11.3 Å². The molecule has 1 unspecified atom stereocenters. The van der Waals surface area contributed by atoms with Crippen molar-refractivity contribution in [2.24, 2.45) is 0 Å². The maximum absolute atomic E-state index is 13.2. The van der Waals surface area contributed by atoms with Gasteiger partial charge in [-0.2, -0.15) is 0 Å². The summed E-state index contributed by atoms with van der Waals surface area (Å²) in [6.07, 6.45) is 3.25. The molecule has 3 amide bonds. The van der Waals surface area contributed by atoms with Crippen LogP contribution < -0.4 is 10.2 Å². The molecule has 0 bridgehead atoms. The number of amides is 3. The number of carbonyl (C=O) groups excluding carboxylic acids is 3. The maximum Gasteiger partial charge on any atom is 0.259 e. The standard InChI is InChI=1S/C21H24N4O3/c1-4-5-16(19(27)23-12-26)25-15-8-9-22-18-14(21(2)10-24(3)11-21)7-6-13(17(15)18)20(25)28/h6-9,12,16H,4-5,10-11H2,1-3H3,(H,23,26,27). The Hall–Kier alpha value is -2.80. The molecule has 2 aliphatic rings. The Morgan fingerprint density at radius 1 is 1.36 bits per heavy atom. The summed E-state index contributed by atoms with van der Waals surface area (Å²) in [4.78, 5) is 44.9. The van der Waals surface area contributed by atoms with Gasteiger partial charge in [-0.25, -0.2) is 0 Å². The van der Waals surface area contributed by atoms with E-state index in [1.807, 2.05) is 19.1 Å². The molecule has 7 nitrogen and oxygen atoms in total. The monoisotopic (exact) mass is 380 g/mol. The van der Waals surface area contributed by atoms with E-state index in [1.165, 1.54) is 4.90 Å². The Morgan fingerprint density at radius 2 is 2.11 bits per heavy atom. The summed E-state index contributed by atoms with van der Waals surface area (Å²) in [6.45, 7) is 6.03. The third-order valence-electron chi connectivity index (χ3n) is 5.84. The second-order valence-electron chi connectivity index (χ2n) is 8.05. The van der Waals surface area contributed by atoms with Crippen LogP contribution in [0.2, 0.25) is 0 Å². The van der Waals surface area contributed by atoms with E-state index in [2.05, 4.69) is 29.2 Å². The van der Waals surface area contributed by atoms with E-state index in [0.717, 1.165) is 29.6 Å². The molecule has 1 aromatic carbocycles. The number of nitrogens with zero attached hydrogens (tertiary/aromatic N) is 3. The molecular formula is C21H24N4O3. The van der Waals surface area contributed by atoms with Gasteiger partial charge < -0.3 is 4.90 Å². The SMILES string of the molecule is CCCC(C(=O)NC=O)N1C(=O)c2ccc(C3(C)CN(C)C3)c3nccc1c23. The molecule has 0 spiro atoms. The lowest BCUT2D eigenvalue weighted by atomic mass is 9.74. The first-order valence-corrected chi connectivity index (χ1v) is 9.59. The van der Waals surface area contributed by atoms with E-state index < -0.39 is 11.9 Å². The van der Waals surface area contributed by atoms with Gasteiger partial charge in [0.25, 0.3) is 5.91 Å². The molecule has 1 atom stereocenters. The molecule has 1 fully saturated rings. The molecule has 7 heteroatoms. The summed E-state index contributed by atoms with van der Waals surface area (Å²) in [6, 6.07) is 4.92. The third-order valence-corrected chi connectivity index (χ3v) is 5.84. The van der Waals surface area contributed by atoms with Crippen LogP contribution in [0.25, 0.3) is 10.9 Å². The average Bonchev–Trinajstić information content (AvgIpc) is 2.93. The van der Waals surface area contributed by atoms with Gasteiger partial charge in [0.2, 0.25) is 12.3 Å². The first kappa shape index (κ1) is 18.6. The van der Waals surface area contributed by atoms with Crippen LogP contribution in [0.5, 0.6) is 0 Å². The van der Waals surface area contributed by atoms with Gasteiger partial charge in [-0.05, 0) is 31.2 Å². The summed E-state index contributed by atoms with van der Waals surface area (Å²) in [5, 5.41) is 3.02. The number of aromatic nitrogens is 1. The lowest BCUT2D eigenvalue weighted by Gasteiger charge is -2.46. The Bertz CT molecular complexity index is 981. The number of likely N-dealkylation sites (tertiary alicyclic amines) is 1. The first-order chi connectivity index (χ1) is 13.4. The minimum Gasteiger partial charge on any atom is -0.305 e. The van der Waals surface area contributed by atoms with Crippen LogP contribution in [-0.2, 0) is 15.0 Å². The fourth-order valence-corrected chi connectivity index (χ4v) is 4.79. The fourth-order valence-electron chi connectivity index (χ4n) is 4.79. The molecule has 1 aromatic heterocycles. The molecule has 2 aliphatic heterocycles. The molecule has 28 heavy (non-hydrogen) atoms. The van der Waals surface area contributed by atoms with Gasteiger partial charge in [-0.1, -0.05) is 26.3 Å². The van der Waals surface area contributed by atoms with Crippen molar-refractivity contribution in [1.82, 2.24) is 15.2 Å². The number of nitrogens with one attached hydrogen (secondary N) is 1. The molecule has 146 valence electrons. The normalized spacial score (nSPS) is 18.8. The van der Waals surface area contributed by atoms with Crippen molar-refractivity contribution in [3.8, 4) is 0 Å². The van der Waals surface area contributed by atoms with Crippen molar-refractivity contribution in [3.05, 3.63) is 35.5 Å². The van der Waals surface area contributed by atoms with Crippen molar-refractivity contribution in [2.75, 3.05) is 25.0 Å². The number of hydrogen-bond donors (Lipinski definition) is 1. The largest absolute Gasteiger partial charge is 0.305 e. The van der Waals surface area contributed by atoms with Crippen LogP contribution in [0, 0.1) is 0 Å². The van der Waals surface area contributed by atoms with Gasteiger partial charge >= 0.3 is 0 Å². The number of hydrogen-bond acceptors (Lipinski definition) is 5. The molecule has 1 N–H and O–H groups in total. The molecule has 0 radical (unpaired) electrons. The van der Waals surface area contributed by atoms with Crippen LogP contribution in [0.1, 0.15) is 42.6 Å². The van der Waals surface area contributed by atoms with Gasteiger partial charge in [-0.15, -0.1) is 0 Å². The highest BCUT2D eigenvalue weighted by atomic mass is 16.2. The average molecular weight is 380 g/mol. The summed E-state index contributed by atoms with van der Waals surface area (Å²) in [7, 11) is 2.08. The number of imide groups is 1. The van der Waals surface area contributed by atoms with Crippen molar-refractivity contribution in [1.29, 1.82) is 0 Å². The first-order valence-electron chi connectivity index (χ1n) is 9.59. The quantitative estimate of drug-likeness (QED) is 0.774. The summed E-state index contributed by atoms with van der Waals surface area (Å²) < 4.78 is 0. The lowest BCUT2D eigenvalue weighted by molar-refractivity contribution is -0.126. The minimum atomic E-state index is -0.727. The summed E-state index contributed by atoms with van der Waals surface area (Å²) in [5.41, 5.74) is 3.21. The second-order valence-corrected chi connectivity index (χ2v) is 8.05. The molecule has 0 saturated carbocycles. The zero-order valence-corrected chi connectivity index (χ0v) is 16.4. The van der Waals surface area contributed by atoms with Crippen LogP contribution in [0.4, 0.5) is 5.69 Å². The van der Waals surface area contributed by atoms with E-state index in [1.54, 1.807) is 12.3 Å². The fraction of sp³-hybridized carbons (Fsp3) is 0.429. The highest BCUT2D eigenvalue weighted by Crippen LogP contribution is 2.44. The Morgan fingerprint density at radius 3 is 2.75 bits per heavy atom. The van der Waals surface area contributed by atoms with Crippen LogP contribution in [0.15, 0.2) is 24.4 Å². The zero-order chi connectivity index (χ0) is 20.1. The Balaban J connectivity index is 1.85. The molecule has 3 heterocycles. The van der Waals surface area contributed by atoms with E-state index in [4.69, 9.17) is 0 Å². The predicted molar refractivity (Wildman–Crippen MR) is 106 cm³/mol. The van der Waals surface area contributed by atoms with Gasteiger partial charge in [-0.3, -0.25) is 29.6 Å². The lowest BCUT2D eigenvalue weighted by Crippen LogP contribution is -2.55. The van der Waals surface area contributed by atoms with E-state index in [9.17, 15) is 14.4 Å². The summed E-state index contributed by atoms with van der Waals surface area (Å²) in [5.74, 6) is -0.675. The van der Waals surface area contributed by atoms with Crippen molar-refractivity contribution in [3.63, 3.8) is 0 Å². The van der Waals surface area contributed by atoms with Gasteiger partial charge in [0, 0.05) is 30.1 Å². The van der Waals surface area contributed by atoms with Gasteiger partial charge in [0.1, 0.15) is 6.04 Å². The number of carbonyl (C=O) groups is 3. The van der Waals surface area contributed by atoms with E-state index >= 15 is 0 Å². The van der Waals surface area contributed by atoms with Crippen LogP contribution in [0.3, 0.4) is 0 Å². The van der Waals surface area contributed by atoms with E-state index in [0.29, 0.717) is 30.5 Å². The highest BCUT2D eigenvalue weighted by Gasteiger charge is 2.43. The van der Waals surface area contributed by atoms with Crippen molar-refractivity contribution < 1.29 is 14.4 Å². The maximum atomic E-state index is 13.2. The zero-order valence-electron chi connectivity index (χ0n) is 16.4.